The standard InChI is InChI=1S/C63H39N5O/c1-3-10-40(11-4-1)42-22-28-47(29-23-42)61-66-62(48-30-24-43(25-31-48)41-12-5-2-6-13-41)68-63(67-61)49-32-26-45(27-33-49)44-18-20-46(21-19-44)50-14-9-15-51(38-50)52-34-36-55-57(39-52)65-59-56(64-55)37-35-54-53-16-7-8-17-58(53)69-60(54)59/h1-39H. The van der Waals surface area contributed by atoms with Crippen LogP contribution in [0.1, 0.15) is 0 Å². The summed E-state index contributed by atoms with van der Waals surface area (Å²) in [4.78, 5) is 25.2. The number of nitrogens with zero attached hydrogens (tertiary/aromatic N) is 5. The molecule has 3 aromatic heterocycles. The Kier molecular flexibility index (Phi) is 9.72. The van der Waals surface area contributed by atoms with Crippen LogP contribution < -0.4 is 0 Å². The molecule has 0 spiro atoms. The van der Waals surface area contributed by atoms with E-state index in [1.54, 1.807) is 0 Å². The van der Waals surface area contributed by atoms with Gasteiger partial charge in [-0.25, -0.2) is 24.9 Å². The summed E-state index contributed by atoms with van der Waals surface area (Å²) in [5, 5.41) is 2.13. The number of hydrogen-bond acceptors (Lipinski definition) is 6. The summed E-state index contributed by atoms with van der Waals surface area (Å²) in [6, 6.07) is 82.1. The van der Waals surface area contributed by atoms with Gasteiger partial charge in [0.15, 0.2) is 23.1 Å². The maximum atomic E-state index is 6.31. The van der Waals surface area contributed by atoms with Crippen molar-refractivity contribution in [1.82, 2.24) is 24.9 Å². The highest BCUT2D eigenvalue weighted by atomic mass is 16.3. The van der Waals surface area contributed by atoms with Crippen LogP contribution in [0.15, 0.2) is 241 Å². The molecule has 0 aliphatic carbocycles. The molecule has 0 unspecified atom stereocenters. The van der Waals surface area contributed by atoms with Crippen LogP contribution in [0.2, 0.25) is 0 Å². The zero-order valence-electron chi connectivity index (χ0n) is 37.2. The van der Waals surface area contributed by atoms with Gasteiger partial charge in [0, 0.05) is 27.5 Å². The van der Waals surface area contributed by atoms with Crippen molar-refractivity contribution in [2.45, 2.75) is 0 Å². The maximum absolute atomic E-state index is 6.31. The van der Waals surface area contributed by atoms with Crippen molar-refractivity contribution in [2.24, 2.45) is 0 Å². The Hall–Kier alpha value is -9.39. The van der Waals surface area contributed by atoms with E-state index in [-0.39, 0.29) is 0 Å². The molecule has 0 aliphatic rings. The van der Waals surface area contributed by atoms with E-state index in [0.717, 1.165) is 116 Å². The monoisotopic (exact) mass is 881 g/mol. The van der Waals surface area contributed by atoms with Crippen molar-refractivity contribution < 1.29 is 4.42 Å². The van der Waals surface area contributed by atoms with Crippen molar-refractivity contribution >= 4 is 44.0 Å². The molecule has 13 rings (SSSR count). The van der Waals surface area contributed by atoms with E-state index in [1.807, 2.05) is 36.4 Å². The number of fused-ring (bicyclic) bond motifs is 6. The fourth-order valence-corrected chi connectivity index (χ4v) is 9.29. The first kappa shape index (κ1) is 39.9. The van der Waals surface area contributed by atoms with Crippen LogP contribution in [0, 0.1) is 0 Å². The largest absolute Gasteiger partial charge is 0.454 e. The lowest BCUT2D eigenvalue weighted by molar-refractivity contribution is 0.671. The summed E-state index contributed by atoms with van der Waals surface area (Å²) in [5.74, 6) is 1.86. The van der Waals surface area contributed by atoms with E-state index in [1.165, 1.54) is 0 Å². The van der Waals surface area contributed by atoms with Crippen LogP contribution in [0.3, 0.4) is 0 Å². The molecule has 0 radical (unpaired) electrons. The van der Waals surface area contributed by atoms with Crippen LogP contribution in [0.5, 0.6) is 0 Å². The average molecular weight is 882 g/mol. The minimum absolute atomic E-state index is 0.617. The fraction of sp³-hybridized carbons (Fsp3) is 0. The summed E-state index contributed by atoms with van der Waals surface area (Å²) < 4.78 is 6.31. The Morgan fingerprint density at radius 1 is 0.232 bits per heavy atom. The molecule has 69 heavy (non-hydrogen) atoms. The Labute approximate surface area is 398 Å². The van der Waals surface area contributed by atoms with Crippen LogP contribution >= 0.6 is 0 Å². The predicted octanol–water partition coefficient (Wildman–Crippen LogP) is 16.2. The van der Waals surface area contributed by atoms with Crippen molar-refractivity contribution in [3.05, 3.63) is 237 Å². The van der Waals surface area contributed by atoms with Crippen molar-refractivity contribution in [2.75, 3.05) is 0 Å². The first-order valence-corrected chi connectivity index (χ1v) is 23.0. The van der Waals surface area contributed by atoms with Crippen molar-refractivity contribution in [3.63, 3.8) is 0 Å². The van der Waals surface area contributed by atoms with E-state index in [9.17, 15) is 0 Å². The zero-order chi connectivity index (χ0) is 45.7. The molecule has 0 saturated carbocycles. The molecule has 0 N–H and O–H groups in total. The maximum Gasteiger partial charge on any atom is 0.164 e. The van der Waals surface area contributed by atoms with Crippen LogP contribution in [-0.4, -0.2) is 24.9 Å². The van der Waals surface area contributed by atoms with Gasteiger partial charge in [0.1, 0.15) is 11.1 Å². The van der Waals surface area contributed by atoms with E-state index in [2.05, 4.69) is 200 Å². The van der Waals surface area contributed by atoms with E-state index in [4.69, 9.17) is 29.3 Å². The van der Waals surface area contributed by atoms with Gasteiger partial charge in [-0.05, 0) is 92.0 Å². The molecule has 322 valence electrons. The summed E-state index contributed by atoms with van der Waals surface area (Å²) in [6.45, 7) is 0. The SMILES string of the molecule is c1ccc(-c2ccc(-c3nc(-c4ccc(-c5ccccc5)cc4)nc(-c4ccc(-c5ccc(-c6cccc(-c7ccc8nc9ccc%10c%11ccccc%11oc%10c9nc8c7)c6)cc5)cc4)n3)cc2)cc1. The molecule has 10 aromatic carbocycles. The Morgan fingerprint density at radius 2 is 0.623 bits per heavy atom. The molecule has 0 fully saturated rings. The first-order chi connectivity index (χ1) is 34.1. The lowest BCUT2D eigenvalue weighted by Gasteiger charge is -2.11. The smallest absolute Gasteiger partial charge is 0.164 e. The van der Waals surface area contributed by atoms with Gasteiger partial charge in [-0.2, -0.15) is 0 Å². The molecule has 13 aromatic rings. The molecule has 0 bridgehead atoms. The highest BCUT2D eigenvalue weighted by molar-refractivity contribution is 6.14. The summed E-state index contributed by atoms with van der Waals surface area (Å²) in [5.41, 5.74) is 18.9. The molecule has 0 atom stereocenters. The van der Waals surface area contributed by atoms with Crippen molar-refractivity contribution in [3.8, 4) is 89.8 Å². The zero-order valence-corrected chi connectivity index (χ0v) is 37.2. The van der Waals surface area contributed by atoms with Gasteiger partial charge in [-0.3, -0.25) is 0 Å². The third-order valence-corrected chi connectivity index (χ3v) is 13.0. The number of hydrogen-bond donors (Lipinski definition) is 0. The molecular formula is C63H39N5O. The third kappa shape index (κ3) is 7.56. The quantitative estimate of drug-likeness (QED) is 0.142. The Morgan fingerprint density at radius 3 is 1.16 bits per heavy atom. The normalized spacial score (nSPS) is 11.5. The molecule has 3 heterocycles. The molecule has 0 amide bonds. The van der Waals surface area contributed by atoms with Gasteiger partial charge in [0.25, 0.3) is 0 Å². The number of benzene rings is 10. The molecule has 6 heteroatoms. The first-order valence-electron chi connectivity index (χ1n) is 23.0. The highest BCUT2D eigenvalue weighted by Crippen LogP contribution is 2.36. The second-order valence-corrected chi connectivity index (χ2v) is 17.3. The van der Waals surface area contributed by atoms with Crippen LogP contribution in [0.4, 0.5) is 0 Å². The minimum atomic E-state index is 0.617. The van der Waals surface area contributed by atoms with E-state index in [0.29, 0.717) is 17.5 Å². The van der Waals surface area contributed by atoms with Gasteiger partial charge >= 0.3 is 0 Å². The molecule has 0 saturated heterocycles. The second-order valence-electron chi connectivity index (χ2n) is 17.3. The number of aromatic nitrogens is 5. The molecular weight excluding hydrogens is 843 g/mol. The highest BCUT2D eigenvalue weighted by Gasteiger charge is 2.16. The molecule has 6 nitrogen and oxygen atoms in total. The van der Waals surface area contributed by atoms with Crippen LogP contribution in [0.25, 0.3) is 134 Å². The number of rotatable bonds is 8. The molecule has 0 aliphatic heterocycles. The Balaban J connectivity index is 0.783. The lowest BCUT2D eigenvalue weighted by Crippen LogP contribution is -2.00. The average Bonchev–Trinajstić information content (AvgIpc) is 3.82. The summed E-state index contributed by atoms with van der Waals surface area (Å²) in [7, 11) is 0. The number of furan rings is 1. The second kappa shape index (κ2) is 16.8. The van der Waals surface area contributed by atoms with E-state index < -0.39 is 0 Å². The van der Waals surface area contributed by atoms with E-state index >= 15 is 0 Å². The van der Waals surface area contributed by atoms with Gasteiger partial charge in [0.05, 0.1) is 16.6 Å². The van der Waals surface area contributed by atoms with Gasteiger partial charge in [0.2, 0.25) is 0 Å². The minimum Gasteiger partial charge on any atom is -0.454 e. The third-order valence-electron chi connectivity index (χ3n) is 13.0. The Bertz CT molecular complexity index is 3920. The number of para-hydroxylation sites is 1. The van der Waals surface area contributed by atoms with Crippen molar-refractivity contribution in [1.29, 1.82) is 0 Å². The lowest BCUT2D eigenvalue weighted by atomic mass is 9.96. The summed E-state index contributed by atoms with van der Waals surface area (Å²) in [6.07, 6.45) is 0. The van der Waals surface area contributed by atoms with Gasteiger partial charge < -0.3 is 4.42 Å². The van der Waals surface area contributed by atoms with Crippen LogP contribution in [-0.2, 0) is 0 Å². The fourth-order valence-electron chi connectivity index (χ4n) is 9.29. The van der Waals surface area contributed by atoms with Gasteiger partial charge in [-0.15, -0.1) is 0 Å². The topological polar surface area (TPSA) is 77.6 Å². The van der Waals surface area contributed by atoms with Gasteiger partial charge in [-0.1, -0.05) is 200 Å². The predicted molar refractivity (Wildman–Crippen MR) is 281 cm³/mol. The summed E-state index contributed by atoms with van der Waals surface area (Å²) >= 11 is 0.